The molecule has 2 atom stereocenters. The molecule has 2 aliphatic heterocycles. The van der Waals surface area contributed by atoms with Gasteiger partial charge in [-0.2, -0.15) is 5.10 Å². The summed E-state index contributed by atoms with van der Waals surface area (Å²) in [6.45, 7) is 0. The van der Waals surface area contributed by atoms with E-state index < -0.39 is 11.2 Å². The quantitative estimate of drug-likeness (QED) is 0.308. The standard InChI is InChI=1S/C24H19Cl2N3O5/c1-32-21-8-5-14(9-22(21)33-2)19-12-20-17-10-15(25)11-18(26)23(17)34-24(28(20)27-19)13-3-6-16(7-4-13)29(30)31/h3-11,20,24H,12H2,1-2H3/t20-,24-/m0/s1. The molecule has 0 spiro atoms. The number of halogens is 2. The number of methoxy groups -OCH3 is 2. The van der Waals surface area contributed by atoms with Crippen molar-refractivity contribution in [3.63, 3.8) is 0 Å². The van der Waals surface area contributed by atoms with Crippen LogP contribution in [0.2, 0.25) is 10.0 Å². The second-order valence-electron chi connectivity index (χ2n) is 7.84. The maximum Gasteiger partial charge on any atom is 0.269 e. The Morgan fingerprint density at radius 1 is 1.06 bits per heavy atom. The summed E-state index contributed by atoms with van der Waals surface area (Å²) in [4.78, 5) is 10.7. The Morgan fingerprint density at radius 3 is 2.47 bits per heavy atom. The number of non-ortho nitro benzene ring substituents is 1. The molecule has 0 aliphatic carbocycles. The number of rotatable bonds is 5. The Bertz CT molecular complexity index is 1310. The van der Waals surface area contributed by atoms with Gasteiger partial charge in [-0.25, -0.2) is 5.01 Å². The average molecular weight is 500 g/mol. The average Bonchev–Trinajstić information content (AvgIpc) is 3.29. The van der Waals surface area contributed by atoms with Crippen LogP contribution in [0.4, 0.5) is 5.69 Å². The number of fused-ring (bicyclic) bond motifs is 3. The first-order valence-corrected chi connectivity index (χ1v) is 11.1. The van der Waals surface area contributed by atoms with Gasteiger partial charge in [-0.05, 0) is 42.5 Å². The fourth-order valence-electron chi connectivity index (χ4n) is 4.29. The summed E-state index contributed by atoms with van der Waals surface area (Å²) >= 11 is 12.8. The number of hydrazone groups is 1. The summed E-state index contributed by atoms with van der Waals surface area (Å²) in [6, 6.07) is 15.1. The molecule has 2 aliphatic rings. The van der Waals surface area contributed by atoms with Gasteiger partial charge in [0.2, 0.25) is 6.23 Å². The maximum atomic E-state index is 11.1. The molecular weight excluding hydrogens is 481 g/mol. The highest BCUT2D eigenvalue weighted by atomic mass is 35.5. The SMILES string of the molecule is COc1ccc(C2=NN3[C@@H](C2)c2cc(Cl)cc(Cl)c2O[C@H]3c2ccc([N+](=O)[O-])cc2)cc1OC. The van der Waals surface area contributed by atoms with Crippen molar-refractivity contribution in [1.82, 2.24) is 5.01 Å². The Labute approximate surface area is 205 Å². The predicted octanol–water partition coefficient (Wildman–Crippen LogP) is 6.16. The smallest absolute Gasteiger partial charge is 0.269 e. The van der Waals surface area contributed by atoms with Crippen molar-refractivity contribution in [3.05, 3.63) is 91.4 Å². The topological polar surface area (TPSA) is 86.4 Å². The molecular formula is C24H19Cl2N3O5. The van der Waals surface area contributed by atoms with E-state index in [1.54, 1.807) is 32.4 Å². The highest BCUT2D eigenvalue weighted by molar-refractivity contribution is 6.35. The molecule has 174 valence electrons. The lowest BCUT2D eigenvalue weighted by atomic mass is 9.95. The van der Waals surface area contributed by atoms with E-state index in [2.05, 4.69) is 0 Å². The van der Waals surface area contributed by atoms with Crippen LogP contribution in [0.25, 0.3) is 0 Å². The molecule has 0 saturated carbocycles. The Kier molecular flexibility index (Phi) is 5.71. The minimum absolute atomic E-state index is 0.00253. The fourth-order valence-corrected chi connectivity index (χ4v) is 4.84. The van der Waals surface area contributed by atoms with Gasteiger partial charge in [0.15, 0.2) is 11.5 Å². The molecule has 0 fully saturated rings. The lowest BCUT2D eigenvalue weighted by Crippen LogP contribution is -2.33. The monoisotopic (exact) mass is 499 g/mol. The Morgan fingerprint density at radius 2 is 1.79 bits per heavy atom. The summed E-state index contributed by atoms with van der Waals surface area (Å²) in [5.41, 5.74) is 3.24. The van der Waals surface area contributed by atoms with Gasteiger partial charge < -0.3 is 14.2 Å². The van der Waals surface area contributed by atoms with Crippen molar-refractivity contribution < 1.29 is 19.1 Å². The molecule has 0 bridgehead atoms. The molecule has 3 aromatic rings. The summed E-state index contributed by atoms with van der Waals surface area (Å²) in [6.07, 6.45) is -0.0546. The minimum Gasteiger partial charge on any atom is -0.493 e. The molecule has 5 rings (SSSR count). The number of nitro benzene ring substituents is 1. The van der Waals surface area contributed by atoms with E-state index in [1.165, 1.54) is 12.1 Å². The van der Waals surface area contributed by atoms with Crippen LogP contribution in [-0.4, -0.2) is 29.9 Å². The van der Waals surface area contributed by atoms with Gasteiger partial charge in [-0.1, -0.05) is 23.2 Å². The fraction of sp³-hybridized carbons (Fsp3) is 0.208. The van der Waals surface area contributed by atoms with Gasteiger partial charge in [-0.3, -0.25) is 10.1 Å². The lowest BCUT2D eigenvalue weighted by Gasteiger charge is -2.38. The van der Waals surface area contributed by atoms with E-state index in [0.29, 0.717) is 39.3 Å². The van der Waals surface area contributed by atoms with Gasteiger partial charge in [0.05, 0.1) is 35.9 Å². The van der Waals surface area contributed by atoms with Gasteiger partial charge in [0.1, 0.15) is 5.75 Å². The molecule has 10 heteroatoms. The van der Waals surface area contributed by atoms with Crippen LogP contribution < -0.4 is 14.2 Å². The van der Waals surface area contributed by atoms with Gasteiger partial charge >= 0.3 is 0 Å². The largest absolute Gasteiger partial charge is 0.493 e. The molecule has 0 amide bonds. The third-order valence-electron chi connectivity index (χ3n) is 5.91. The summed E-state index contributed by atoms with van der Waals surface area (Å²) < 4.78 is 17.1. The van der Waals surface area contributed by atoms with Crippen molar-refractivity contribution in [1.29, 1.82) is 0 Å². The van der Waals surface area contributed by atoms with Crippen molar-refractivity contribution >= 4 is 34.6 Å². The van der Waals surface area contributed by atoms with Crippen LogP contribution >= 0.6 is 23.2 Å². The third-order valence-corrected chi connectivity index (χ3v) is 6.41. The zero-order valence-electron chi connectivity index (χ0n) is 18.2. The molecule has 0 aromatic heterocycles. The van der Waals surface area contributed by atoms with E-state index in [1.807, 2.05) is 29.3 Å². The van der Waals surface area contributed by atoms with Gasteiger partial charge in [0, 0.05) is 40.3 Å². The normalized spacial score (nSPS) is 18.5. The second kappa shape index (κ2) is 8.70. The van der Waals surface area contributed by atoms with E-state index in [-0.39, 0.29) is 11.7 Å². The second-order valence-corrected chi connectivity index (χ2v) is 8.68. The van der Waals surface area contributed by atoms with Crippen molar-refractivity contribution in [2.45, 2.75) is 18.7 Å². The number of nitro groups is 1. The number of hydrogen-bond donors (Lipinski definition) is 0. The number of nitrogens with zero attached hydrogens (tertiary/aromatic N) is 3. The Hall–Kier alpha value is -3.49. The van der Waals surface area contributed by atoms with Gasteiger partial charge in [-0.15, -0.1) is 0 Å². The third kappa shape index (κ3) is 3.78. The van der Waals surface area contributed by atoms with Crippen LogP contribution in [0.15, 0.2) is 59.7 Å². The molecule has 8 nitrogen and oxygen atoms in total. The van der Waals surface area contributed by atoms with Crippen molar-refractivity contribution in [2.24, 2.45) is 5.10 Å². The highest BCUT2D eigenvalue weighted by Gasteiger charge is 2.42. The molecule has 3 aromatic carbocycles. The minimum atomic E-state index is -0.630. The van der Waals surface area contributed by atoms with E-state index in [0.717, 1.165) is 16.8 Å². The summed E-state index contributed by atoms with van der Waals surface area (Å²) in [5.74, 6) is 1.75. The Balaban J connectivity index is 1.59. The maximum absolute atomic E-state index is 11.1. The van der Waals surface area contributed by atoms with Gasteiger partial charge in [0.25, 0.3) is 5.69 Å². The number of benzene rings is 3. The van der Waals surface area contributed by atoms with Crippen LogP contribution in [0.3, 0.4) is 0 Å². The number of hydrogen-bond acceptors (Lipinski definition) is 7. The first kappa shape index (κ1) is 22.3. The molecule has 0 radical (unpaired) electrons. The summed E-state index contributed by atoms with van der Waals surface area (Å²) in [7, 11) is 3.17. The first-order valence-electron chi connectivity index (χ1n) is 10.4. The van der Waals surface area contributed by atoms with Crippen molar-refractivity contribution in [2.75, 3.05) is 14.2 Å². The van der Waals surface area contributed by atoms with E-state index in [4.69, 9.17) is 42.5 Å². The van der Waals surface area contributed by atoms with E-state index in [9.17, 15) is 10.1 Å². The van der Waals surface area contributed by atoms with Crippen LogP contribution in [-0.2, 0) is 0 Å². The molecule has 0 N–H and O–H groups in total. The van der Waals surface area contributed by atoms with Crippen LogP contribution in [0, 0.1) is 10.1 Å². The zero-order chi connectivity index (χ0) is 24.0. The molecule has 2 heterocycles. The van der Waals surface area contributed by atoms with E-state index >= 15 is 0 Å². The summed E-state index contributed by atoms with van der Waals surface area (Å²) in [5, 5.41) is 18.7. The number of ether oxygens (including phenoxy) is 3. The van der Waals surface area contributed by atoms with Crippen LogP contribution in [0.1, 0.15) is 35.4 Å². The highest BCUT2D eigenvalue weighted by Crippen LogP contribution is 2.51. The molecule has 34 heavy (non-hydrogen) atoms. The lowest BCUT2D eigenvalue weighted by molar-refractivity contribution is -0.384. The molecule has 0 unspecified atom stereocenters. The zero-order valence-corrected chi connectivity index (χ0v) is 19.7. The predicted molar refractivity (Wildman–Crippen MR) is 128 cm³/mol. The first-order chi connectivity index (χ1) is 16.4. The van der Waals surface area contributed by atoms with Crippen molar-refractivity contribution in [3.8, 4) is 17.2 Å². The molecule has 0 saturated heterocycles. The van der Waals surface area contributed by atoms with Crippen LogP contribution in [0.5, 0.6) is 17.2 Å².